The summed E-state index contributed by atoms with van der Waals surface area (Å²) in [6, 6.07) is 12.2. The molecule has 0 bridgehead atoms. The number of fused-ring (bicyclic) bond motifs is 1. The van der Waals surface area contributed by atoms with Crippen LogP contribution in [0.15, 0.2) is 42.7 Å². The van der Waals surface area contributed by atoms with Gasteiger partial charge in [0.1, 0.15) is 23.2 Å². The maximum absolute atomic E-state index is 9.04. The lowest BCUT2D eigenvalue weighted by atomic mass is 10.1. The van der Waals surface area contributed by atoms with Gasteiger partial charge in [0.15, 0.2) is 5.82 Å². The van der Waals surface area contributed by atoms with Crippen LogP contribution in [0.25, 0.3) is 22.4 Å². The Labute approximate surface area is 169 Å². The quantitative estimate of drug-likeness (QED) is 0.505. The Hall–Kier alpha value is -3.65. The summed E-state index contributed by atoms with van der Waals surface area (Å²) < 4.78 is 0. The van der Waals surface area contributed by atoms with Crippen LogP contribution in [0.5, 0.6) is 0 Å². The number of H-pyrrole nitrogens is 1. The van der Waals surface area contributed by atoms with Gasteiger partial charge in [0.05, 0.1) is 38.3 Å². The molecule has 28 heavy (non-hydrogen) atoms. The van der Waals surface area contributed by atoms with E-state index < -0.39 is 0 Å². The van der Waals surface area contributed by atoms with Crippen LogP contribution < -0.4 is 5.32 Å². The lowest BCUT2D eigenvalue weighted by molar-refractivity contribution is 1.25. The highest BCUT2D eigenvalue weighted by molar-refractivity contribution is 6.39. The van der Waals surface area contributed by atoms with Gasteiger partial charge in [-0.05, 0) is 30.3 Å². The Kier molecular flexibility index (Phi) is 4.54. The molecule has 0 aliphatic rings. The highest BCUT2D eigenvalue weighted by Gasteiger charge is 2.16. The van der Waals surface area contributed by atoms with E-state index in [1.165, 1.54) is 18.3 Å². The van der Waals surface area contributed by atoms with Crippen molar-refractivity contribution < 1.29 is 0 Å². The van der Waals surface area contributed by atoms with Gasteiger partial charge < -0.3 is 10.3 Å². The van der Waals surface area contributed by atoms with Crippen LogP contribution in [0, 0.1) is 22.7 Å². The Bertz CT molecular complexity index is 1260. The number of hydrogen-bond donors (Lipinski definition) is 2. The summed E-state index contributed by atoms with van der Waals surface area (Å²) in [5.74, 6) is 1.47. The third-order valence-corrected chi connectivity index (χ3v) is 4.54. The highest BCUT2D eigenvalue weighted by atomic mass is 35.5. The number of anilines is 2. The third kappa shape index (κ3) is 3.21. The molecule has 0 saturated heterocycles. The number of aromatic nitrogens is 4. The highest BCUT2D eigenvalue weighted by Crippen LogP contribution is 2.36. The van der Waals surface area contributed by atoms with Gasteiger partial charge in [0.2, 0.25) is 0 Å². The van der Waals surface area contributed by atoms with E-state index in [1.54, 1.807) is 24.4 Å². The van der Waals surface area contributed by atoms with Crippen molar-refractivity contribution in [2.24, 2.45) is 0 Å². The fraction of sp³-hybridized carbons (Fsp3) is 0. The molecule has 1 aromatic carbocycles. The topological polar surface area (TPSA) is 114 Å². The van der Waals surface area contributed by atoms with Gasteiger partial charge in [-0.15, -0.1) is 0 Å². The molecule has 0 atom stereocenters. The lowest BCUT2D eigenvalue weighted by Crippen LogP contribution is -1.97. The third-order valence-electron chi connectivity index (χ3n) is 3.95. The van der Waals surface area contributed by atoms with Crippen LogP contribution in [0.4, 0.5) is 11.6 Å². The second-order valence-electron chi connectivity index (χ2n) is 5.74. The standard InChI is InChI=1S/C19H9Cl2N7/c20-12-5-11(8-23)6-13(21)16(12)18-26-14-3-4-24-19(17(14)28-18)27-15-2-1-10(7-22)9-25-15/h1-6,9H,(H,26,28)(H,24,25,27). The smallest absolute Gasteiger partial charge is 0.159 e. The van der Waals surface area contributed by atoms with Gasteiger partial charge in [-0.25, -0.2) is 15.0 Å². The summed E-state index contributed by atoms with van der Waals surface area (Å²) in [6.45, 7) is 0. The summed E-state index contributed by atoms with van der Waals surface area (Å²) in [6.07, 6.45) is 3.09. The van der Waals surface area contributed by atoms with Crippen LogP contribution in [0.3, 0.4) is 0 Å². The summed E-state index contributed by atoms with van der Waals surface area (Å²) in [7, 11) is 0. The van der Waals surface area contributed by atoms with Crippen molar-refractivity contribution in [1.82, 2.24) is 19.9 Å². The first-order valence-corrected chi connectivity index (χ1v) is 8.72. The average molecular weight is 406 g/mol. The Morgan fingerprint density at radius 2 is 1.71 bits per heavy atom. The number of hydrogen-bond acceptors (Lipinski definition) is 6. The number of rotatable bonds is 3. The molecule has 0 fully saturated rings. The normalized spacial score (nSPS) is 10.4. The number of benzene rings is 1. The average Bonchev–Trinajstić information content (AvgIpc) is 3.12. The molecule has 0 unspecified atom stereocenters. The number of imidazole rings is 1. The zero-order valence-corrected chi connectivity index (χ0v) is 15.5. The second-order valence-corrected chi connectivity index (χ2v) is 6.55. The summed E-state index contributed by atoms with van der Waals surface area (Å²) in [5.41, 5.74) is 2.62. The fourth-order valence-corrected chi connectivity index (χ4v) is 3.33. The summed E-state index contributed by atoms with van der Waals surface area (Å²) >= 11 is 12.6. The minimum atomic E-state index is 0.319. The van der Waals surface area contributed by atoms with Gasteiger partial charge >= 0.3 is 0 Å². The molecule has 0 aliphatic heterocycles. The van der Waals surface area contributed by atoms with Crippen LogP contribution in [-0.2, 0) is 0 Å². The van der Waals surface area contributed by atoms with E-state index in [0.717, 1.165) is 5.52 Å². The molecule has 134 valence electrons. The van der Waals surface area contributed by atoms with Gasteiger partial charge in [-0.1, -0.05) is 23.2 Å². The van der Waals surface area contributed by atoms with Crippen molar-refractivity contribution in [3.05, 3.63) is 63.9 Å². The minimum Gasteiger partial charge on any atom is -0.338 e. The molecular weight excluding hydrogens is 397 g/mol. The largest absolute Gasteiger partial charge is 0.338 e. The zero-order chi connectivity index (χ0) is 19.7. The molecule has 0 amide bonds. The number of pyridine rings is 2. The van der Waals surface area contributed by atoms with E-state index >= 15 is 0 Å². The molecule has 0 saturated carbocycles. The van der Waals surface area contributed by atoms with Crippen molar-refractivity contribution in [2.45, 2.75) is 0 Å². The molecule has 3 aromatic heterocycles. The molecule has 0 aliphatic carbocycles. The first kappa shape index (κ1) is 17.7. The lowest BCUT2D eigenvalue weighted by Gasteiger charge is -2.05. The number of halogens is 2. The number of nitrogens with zero attached hydrogens (tertiary/aromatic N) is 5. The van der Waals surface area contributed by atoms with Crippen LogP contribution in [-0.4, -0.2) is 19.9 Å². The van der Waals surface area contributed by atoms with Gasteiger partial charge in [-0.2, -0.15) is 10.5 Å². The van der Waals surface area contributed by atoms with E-state index in [0.29, 0.717) is 49.7 Å². The van der Waals surface area contributed by atoms with Crippen LogP contribution in [0.1, 0.15) is 11.1 Å². The van der Waals surface area contributed by atoms with Crippen molar-refractivity contribution in [1.29, 1.82) is 10.5 Å². The molecule has 0 spiro atoms. The van der Waals surface area contributed by atoms with E-state index in [9.17, 15) is 0 Å². The molecule has 3 heterocycles. The number of nitriles is 2. The van der Waals surface area contributed by atoms with Gasteiger partial charge in [0, 0.05) is 12.4 Å². The minimum absolute atomic E-state index is 0.319. The molecule has 7 nitrogen and oxygen atoms in total. The first-order chi connectivity index (χ1) is 13.6. The predicted molar refractivity (Wildman–Crippen MR) is 106 cm³/mol. The van der Waals surface area contributed by atoms with E-state index in [1.807, 2.05) is 12.1 Å². The molecule has 4 rings (SSSR count). The maximum Gasteiger partial charge on any atom is 0.159 e. The Morgan fingerprint density at radius 1 is 0.964 bits per heavy atom. The van der Waals surface area contributed by atoms with Crippen molar-refractivity contribution in [3.8, 4) is 23.5 Å². The molecule has 2 N–H and O–H groups in total. The van der Waals surface area contributed by atoms with Crippen molar-refractivity contribution in [3.63, 3.8) is 0 Å². The number of nitrogens with one attached hydrogen (secondary N) is 2. The number of aromatic amines is 1. The van der Waals surface area contributed by atoms with Crippen LogP contribution in [0.2, 0.25) is 10.0 Å². The van der Waals surface area contributed by atoms with E-state index in [4.69, 9.17) is 33.7 Å². The molecule has 9 heteroatoms. The summed E-state index contributed by atoms with van der Waals surface area (Å²) in [5, 5.41) is 21.6. The van der Waals surface area contributed by atoms with Crippen molar-refractivity contribution >= 4 is 45.9 Å². The predicted octanol–water partition coefficient (Wildman–Crippen LogP) is 4.81. The van der Waals surface area contributed by atoms with E-state index in [2.05, 4.69) is 25.3 Å². The Morgan fingerprint density at radius 3 is 2.36 bits per heavy atom. The SMILES string of the molecule is N#Cc1ccc(Nc2nccc3[nH]c(-c4c(Cl)cc(C#N)cc4Cl)nc23)nc1. The second kappa shape index (κ2) is 7.16. The first-order valence-electron chi connectivity index (χ1n) is 7.96. The summed E-state index contributed by atoms with van der Waals surface area (Å²) in [4.78, 5) is 16.2. The Balaban J connectivity index is 1.77. The molecule has 0 radical (unpaired) electrons. The van der Waals surface area contributed by atoms with Crippen molar-refractivity contribution in [2.75, 3.05) is 5.32 Å². The molecular formula is C19H9Cl2N7. The maximum atomic E-state index is 9.04. The van der Waals surface area contributed by atoms with Gasteiger partial charge in [-0.3, -0.25) is 0 Å². The zero-order valence-electron chi connectivity index (χ0n) is 14.0. The van der Waals surface area contributed by atoms with Crippen LogP contribution >= 0.6 is 23.2 Å². The van der Waals surface area contributed by atoms with Gasteiger partial charge in [0.25, 0.3) is 0 Å². The van der Waals surface area contributed by atoms with E-state index in [-0.39, 0.29) is 0 Å². The monoisotopic (exact) mass is 405 g/mol. The fourth-order valence-electron chi connectivity index (χ4n) is 2.66. The molecule has 4 aromatic rings.